The summed E-state index contributed by atoms with van der Waals surface area (Å²) < 4.78 is 0. The van der Waals surface area contributed by atoms with Crippen LogP contribution < -0.4 is 10.6 Å². The van der Waals surface area contributed by atoms with Crippen molar-refractivity contribution in [3.8, 4) is 0 Å². The second kappa shape index (κ2) is 8.30. The van der Waals surface area contributed by atoms with Crippen molar-refractivity contribution in [2.45, 2.75) is 46.1 Å². The van der Waals surface area contributed by atoms with Crippen LogP contribution in [0.25, 0.3) is 0 Å². The summed E-state index contributed by atoms with van der Waals surface area (Å²) in [4.78, 5) is 14.8. The van der Waals surface area contributed by atoms with Crippen LogP contribution in [0, 0.1) is 6.92 Å². The minimum Gasteiger partial charge on any atom is -0.324 e. The summed E-state index contributed by atoms with van der Waals surface area (Å²) in [5.74, 6) is 0.101. The molecule has 0 spiro atoms. The molecule has 122 valence electrons. The van der Waals surface area contributed by atoms with Gasteiger partial charge in [0.2, 0.25) is 5.91 Å². The van der Waals surface area contributed by atoms with Crippen LogP contribution in [0.1, 0.15) is 37.8 Å². The molecule has 1 aromatic rings. The molecule has 4 nitrogen and oxygen atoms in total. The maximum atomic E-state index is 12.5. The van der Waals surface area contributed by atoms with E-state index in [0.29, 0.717) is 12.6 Å². The molecule has 4 heteroatoms. The van der Waals surface area contributed by atoms with Crippen molar-refractivity contribution >= 4 is 11.6 Å². The maximum Gasteiger partial charge on any atom is 0.238 e. The molecule has 0 aromatic heterocycles. The number of hydrogen-bond donors (Lipinski definition) is 2. The molecule has 1 aromatic carbocycles. The first-order valence-electron chi connectivity index (χ1n) is 8.48. The fourth-order valence-corrected chi connectivity index (χ4v) is 3.19. The first kappa shape index (κ1) is 17.0. The van der Waals surface area contributed by atoms with Gasteiger partial charge in [-0.3, -0.25) is 9.69 Å². The average molecular weight is 303 g/mol. The molecule has 0 aliphatic carbocycles. The van der Waals surface area contributed by atoms with Crippen molar-refractivity contribution in [1.82, 2.24) is 10.2 Å². The molecule has 0 bridgehead atoms. The van der Waals surface area contributed by atoms with E-state index >= 15 is 0 Å². The predicted molar refractivity (Wildman–Crippen MR) is 92.3 cm³/mol. The minimum atomic E-state index is 0.101. The number of amides is 1. The molecular weight excluding hydrogens is 274 g/mol. The van der Waals surface area contributed by atoms with Crippen LogP contribution in [0.15, 0.2) is 18.2 Å². The van der Waals surface area contributed by atoms with Gasteiger partial charge in [0.15, 0.2) is 0 Å². The quantitative estimate of drug-likeness (QED) is 0.814. The molecule has 1 heterocycles. The summed E-state index contributed by atoms with van der Waals surface area (Å²) >= 11 is 0. The molecule has 0 saturated carbocycles. The normalized spacial score (nSPS) is 17.9. The zero-order valence-corrected chi connectivity index (χ0v) is 14.1. The number of nitrogens with one attached hydrogen (secondary N) is 2. The fourth-order valence-electron chi connectivity index (χ4n) is 3.19. The molecule has 22 heavy (non-hydrogen) atoms. The van der Waals surface area contributed by atoms with Gasteiger partial charge in [-0.05, 0) is 50.4 Å². The van der Waals surface area contributed by atoms with Gasteiger partial charge in [-0.2, -0.15) is 0 Å². The lowest BCUT2D eigenvalue weighted by Gasteiger charge is -2.27. The SMILES string of the molecule is CCCN(CC(=O)Nc1c(C)cccc1CC)C1CCNC1. The van der Waals surface area contributed by atoms with Crippen molar-refractivity contribution in [3.63, 3.8) is 0 Å². The minimum absolute atomic E-state index is 0.101. The lowest BCUT2D eigenvalue weighted by atomic mass is 10.1. The Hall–Kier alpha value is -1.39. The summed E-state index contributed by atoms with van der Waals surface area (Å²) in [7, 11) is 0. The largest absolute Gasteiger partial charge is 0.324 e. The Balaban J connectivity index is 2.02. The number of anilines is 1. The van der Waals surface area contributed by atoms with E-state index in [4.69, 9.17) is 0 Å². The number of aryl methyl sites for hydroxylation is 2. The van der Waals surface area contributed by atoms with E-state index in [-0.39, 0.29) is 5.91 Å². The number of rotatable bonds is 7. The highest BCUT2D eigenvalue weighted by Gasteiger charge is 2.23. The lowest BCUT2D eigenvalue weighted by molar-refractivity contribution is -0.117. The summed E-state index contributed by atoms with van der Waals surface area (Å²) in [6.07, 6.45) is 3.15. The zero-order valence-electron chi connectivity index (χ0n) is 14.1. The fraction of sp³-hybridized carbons (Fsp3) is 0.611. The van der Waals surface area contributed by atoms with E-state index < -0.39 is 0 Å². The molecule has 1 fully saturated rings. The number of benzene rings is 1. The number of para-hydroxylation sites is 1. The van der Waals surface area contributed by atoms with Gasteiger partial charge in [-0.15, -0.1) is 0 Å². The Morgan fingerprint density at radius 3 is 2.86 bits per heavy atom. The van der Waals surface area contributed by atoms with Gasteiger partial charge >= 0.3 is 0 Å². The monoisotopic (exact) mass is 303 g/mol. The zero-order chi connectivity index (χ0) is 15.9. The summed E-state index contributed by atoms with van der Waals surface area (Å²) in [5, 5.41) is 6.53. The molecule has 2 rings (SSSR count). The van der Waals surface area contributed by atoms with Crippen LogP contribution in [0.3, 0.4) is 0 Å². The van der Waals surface area contributed by atoms with Gasteiger partial charge in [-0.1, -0.05) is 32.0 Å². The van der Waals surface area contributed by atoms with Crippen LogP contribution in [0.2, 0.25) is 0 Å². The molecule has 1 saturated heterocycles. The molecule has 1 aliphatic heterocycles. The average Bonchev–Trinajstić information content (AvgIpc) is 3.03. The van der Waals surface area contributed by atoms with Gasteiger partial charge < -0.3 is 10.6 Å². The molecule has 1 aliphatic rings. The molecule has 0 radical (unpaired) electrons. The second-order valence-electron chi connectivity index (χ2n) is 6.13. The Kier molecular flexibility index (Phi) is 6.40. The van der Waals surface area contributed by atoms with E-state index in [2.05, 4.69) is 54.5 Å². The van der Waals surface area contributed by atoms with E-state index in [9.17, 15) is 4.79 Å². The first-order valence-corrected chi connectivity index (χ1v) is 8.48. The van der Waals surface area contributed by atoms with E-state index in [1.807, 2.05) is 0 Å². The van der Waals surface area contributed by atoms with Crippen LogP contribution >= 0.6 is 0 Å². The van der Waals surface area contributed by atoms with Gasteiger partial charge in [-0.25, -0.2) is 0 Å². The highest BCUT2D eigenvalue weighted by molar-refractivity contribution is 5.93. The Morgan fingerprint density at radius 2 is 2.23 bits per heavy atom. The highest BCUT2D eigenvalue weighted by Crippen LogP contribution is 2.21. The van der Waals surface area contributed by atoms with Crippen LogP contribution in [-0.2, 0) is 11.2 Å². The van der Waals surface area contributed by atoms with E-state index in [1.165, 1.54) is 5.56 Å². The van der Waals surface area contributed by atoms with Crippen LogP contribution in [0.5, 0.6) is 0 Å². The van der Waals surface area contributed by atoms with Crippen LogP contribution in [-0.4, -0.2) is 43.0 Å². The Bertz CT molecular complexity index is 495. The Morgan fingerprint density at radius 1 is 1.41 bits per heavy atom. The summed E-state index contributed by atoms with van der Waals surface area (Å²) in [6, 6.07) is 6.69. The summed E-state index contributed by atoms with van der Waals surface area (Å²) in [5.41, 5.74) is 3.34. The molecule has 2 N–H and O–H groups in total. The molecular formula is C18H29N3O. The number of hydrogen-bond acceptors (Lipinski definition) is 3. The van der Waals surface area contributed by atoms with Crippen molar-refractivity contribution in [1.29, 1.82) is 0 Å². The summed E-state index contributed by atoms with van der Waals surface area (Å²) in [6.45, 7) is 9.87. The van der Waals surface area contributed by atoms with Crippen molar-refractivity contribution < 1.29 is 4.79 Å². The van der Waals surface area contributed by atoms with Crippen molar-refractivity contribution in [2.75, 3.05) is 31.5 Å². The maximum absolute atomic E-state index is 12.5. The van der Waals surface area contributed by atoms with Crippen molar-refractivity contribution in [2.24, 2.45) is 0 Å². The van der Waals surface area contributed by atoms with Gasteiger partial charge in [0.25, 0.3) is 0 Å². The molecule has 1 unspecified atom stereocenters. The molecule has 1 amide bonds. The number of carbonyl (C=O) groups excluding carboxylic acids is 1. The lowest BCUT2D eigenvalue weighted by Crippen LogP contribution is -2.42. The number of nitrogens with zero attached hydrogens (tertiary/aromatic N) is 1. The predicted octanol–water partition coefficient (Wildman–Crippen LogP) is 2.57. The number of carbonyl (C=O) groups is 1. The smallest absolute Gasteiger partial charge is 0.238 e. The third-order valence-corrected chi connectivity index (χ3v) is 4.41. The topological polar surface area (TPSA) is 44.4 Å². The standard InChI is InChI=1S/C18H29N3O/c1-4-11-21(16-9-10-19-12-16)13-17(22)20-18-14(3)7-6-8-15(18)5-2/h6-8,16,19H,4-5,9-13H2,1-3H3,(H,20,22). The Labute approximate surface area is 134 Å². The van der Waals surface area contributed by atoms with Gasteiger partial charge in [0.05, 0.1) is 6.54 Å². The third kappa shape index (κ3) is 4.31. The highest BCUT2D eigenvalue weighted by atomic mass is 16.2. The molecule has 1 atom stereocenters. The third-order valence-electron chi connectivity index (χ3n) is 4.41. The van der Waals surface area contributed by atoms with Crippen molar-refractivity contribution in [3.05, 3.63) is 29.3 Å². The van der Waals surface area contributed by atoms with Crippen LogP contribution in [0.4, 0.5) is 5.69 Å². The second-order valence-corrected chi connectivity index (χ2v) is 6.13. The van der Waals surface area contributed by atoms with E-state index in [0.717, 1.165) is 50.1 Å². The van der Waals surface area contributed by atoms with E-state index in [1.54, 1.807) is 0 Å². The van der Waals surface area contributed by atoms with Gasteiger partial charge in [0, 0.05) is 18.3 Å². The van der Waals surface area contributed by atoms with Gasteiger partial charge in [0.1, 0.15) is 0 Å². The first-order chi connectivity index (χ1) is 10.7.